The van der Waals surface area contributed by atoms with Gasteiger partial charge in [0, 0.05) is 11.3 Å². The van der Waals surface area contributed by atoms with Gasteiger partial charge in [0.25, 0.3) is 5.91 Å². The highest BCUT2D eigenvalue weighted by Gasteiger charge is 2.41. The van der Waals surface area contributed by atoms with Crippen molar-refractivity contribution in [2.24, 2.45) is 5.92 Å². The number of amides is 1. The van der Waals surface area contributed by atoms with E-state index in [0.29, 0.717) is 23.5 Å². The zero-order valence-corrected chi connectivity index (χ0v) is 14.1. The summed E-state index contributed by atoms with van der Waals surface area (Å²) in [5, 5.41) is 4.28. The molecule has 1 aliphatic rings. The molecule has 3 unspecified atom stereocenters. The summed E-state index contributed by atoms with van der Waals surface area (Å²) in [4.78, 5) is 22.7. The van der Waals surface area contributed by atoms with E-state index in [2.05, 4.69) is 5.32 Å². The molecule has 3 atom stereocenters. The van der Waals surface area contributed by atoms with E-state index in [4.69, 9.17) is 9.47 Å². The maximum Gasteiger partial charge on any atom is 0.255 e. The topological polar surface area (TPSA) is 64.6 Å². The quantitative estimate of drug-likeness (QED) is 0.818. The molecule has 2 aromatic rings. The second kappa shape index (κ2) is 7.09. The Bertz CT molecular complexity index is 807. The number of carbonyl (C=O) groups excluding carboxylic acids is 2. The van der Waals surface area contributed by atoms with Crippen molar-refractivity contribution in [3.63, 3.8) is 0 Å². The predicted molar refractivity (Wildman–Crippen MR) is 92.0 cm³/mol. The lowest BCUT2D eigenvalue weighted by atomic mass is 9.97. The molecule has 1 aliphatic heterocycles. The lowest BCUT2D eigenvalue weighted by Gasteiger charge is -2.19. The minimum atomic E-state index is -1.48. The van der Waals surface area contributed by atoms with Crippen LogP contribution in [0.5, 0.6) is 11.5 Å². The highest BCUT2D eigenvalue weighted by molar-refractivity contribution is 5.95. The summed E-state index contributed by atoms with van der Waals surface area (Å²) in [6.07, 6.45) is -0.186. The Morgan fingerprint density at radius 2 is 2.08 bits per heavy atom. The van der Waals surface area contributed by atoms with Crippen LogP contribution in [0.15, 0.2) is 30.3 Å². The van der Waals surface area contributed by atoms with Crippen LogP contribution in [0.1, 0.15) is 23.7 Å². The van der Waals surface area contributed by atoms with Crippen molar-refractivity contribution >= 4 is 23.0 Å². The van der Waals surface area contributed by atoms with Gasteiger partial charge >= 0.3 is 0 Å². The fourth-order valence-corrected chi connectivity index (χ4v) is 3.29. The Morgan fingerprint density at radius 3 is 2.76 bits per heavy atom. The lowest BCUT2D eigenvalue weighted by molar-refractivity contribution is -0.123. The van der Waals surface area contributed by atoms with E-state index >= 15 is 0 Å². The van der Waals surface area contributed by atoms with Crippen LogP contribution in [-0.4, -0.2) is 38.1 Å². The summed E-state index contributed by atoms with van der Waals surface area (Å²) < 4.78 is 25.0. The average Bonchev–Trinajstić information content (AvgIpc) is 2.91. The first-order chi connectivity index (χ1) is 12.1. The SMILES string of the molecule is CCC1C(COc2cccc3cc(C=O)c(OC)cc23)NC(=O)C1F. The number of hydrogen-bond acceptors (Lipinski definition) is 4. The highest BCUT2D eigenvalue weighted by Crippen LogP contribution is 2.32. The fourth-order valence-electron chi connectivity index (χ4n) is 3.29. The summed E-state index contributed by atoms with van der Waals surface area (Å²) in [6.45, 7) is 2.04. The second-order valence-corrected chi connectivity index (χ2v) is 6.09. The molecule has 132 valence electrons. The molecule has 0 radical (unpaired) electrons. The summed E-state index contributed by atoms with van der Waals surface area (Å²) in [6, 6.07) is 8.61. The molecule has 5 nitrogen and oxygen atoms in total. The van der Waals surface area contributed by atoms with Crippen LogP contribution in [0.3, 0.4) is 0 Å². The van der Waals surface area contributed by atoms with Crippen molar-refractivity contribution in [1.29, 1.82) is 0 Å². The third-order valence-corrected chi connectivity index (χ3v) is 4.68. The van der Waals surface area contributed by atoms with Crippen LogP contribution >= 0.6 is 0 Å². The number of ether oxygens (including phenoxy) is 2. The van der Waals surface area contributed by atoms with E-state index in [1.165, 1.54) is 7.11 Å². The minimum Gasteiger partial charge on any atom is -0.496 e. The molecule has 0 spiro atoms. The van der Waals surface area contributed by atoms with Gasteiger partial charge in [-0.15, -0.1) is 0 Å². The molecule has 2 aromatic carbocycles. The van der Waals surface area contributed by atoms with Gasteiger partial charge in [-0.25, -0.2) is 4.39 Å². The van der Waals surface area contributed by atoms with Crippen molar-refractivity contribution < 1.29 is 23.5 Å². The molecule has 1 fully saturated rings. The molecule has 0 bridgehead atoms. The smallest absolute Gasteiger partial charge is 0.255 e. The van der Waals surface area contributed by atoms with Crippen molar-refractivity contribution in [2.75, 3.05) is 13.7 Å². The zero-order chi connectivity index (χ0) is 18.0. The van der Waals surface area contributed by atoms with E-state index in [1.54, 1.807) is 18.2 Å². The third-order valence-electron chi connectivity index (χ3n) is 4.68. The van der Waals surface area contributed by atoms with Crippen molar-refractivity contribution in [3.05, 3.63) is 35.9 Å². The summed E-state index contributed by atoms with van der Waals surface area (Å²) in [5.74, 6) is 0.0944. The monoisotopic (exact) mass is 345 g/mol. The van der Waals surface area contributed by atoms with Gasteiger partial charge in [-0.3, -0.25) is 9.59 Å². The van der Waals surface area contributed by atoms with Gasteiger partial charge in [-0.1, -0.05) is 19.1 Å². The van der Waals surface area contributed by atoms with Gasteiger partial charge in [-0.05, 0) is 30.0 Å². The lowest BCUT2D eigenvalue weighted by Crippen LogP contribution is -2.34. The van der Waals surface area contributed by atoms with Crippen molar-refractivity contribution in [1.82, 2.24) is 5.32 Å². The molecule has 1 saturated heterocycles. The number of benzene rings is 2. The first-order valence-corrected chi connectivity index (χ1v) is 8.22. The molecule has 0 aromatic heterocycles. The standard InChI is InChI=1S/C19H20FNO4/c1-3-13-15(21-19(23)18(13)20)10-25-16-6-4-5-11-7-12(9-22)17(24-2)8-14(11)16/h4-9,13,15,18H,3,10H2,1-2H3,(H,21,23). The largest absolute Gasteiger partial charge is 0.496 e. The van der Waals surface area contributed by atoms with Crippen LogP contribution < -0.4 is 14.8 Å². The number of nitrogens with one attached hydrogen (secondary N) is 1. The van der Waals surface area contributed by atoms with Gasteiger partial charge in [0.2, 0.25) is 0 Å². The fraction of sp³-hybridized carbons (Fsp3) is 0.368. The molecule has 25 heavy (non-hydrogen) atoms. The number of aldehydes is 1. The Kier molecular flexibility index (Phi) is 4.88. The number of methoxy groups -OCH3 is 1. The molecular weight excluding hydrogens is 325 g/mol. The average molecular weight is 345 g/mol. The van der Waals surface area contributed by atoms with Crippen LogP contribution in [0.4, 0.5) is 4.39 Å². The molecule has 1 N–H and O–H groups in total. The minimum absolute atomic E-state index is 0.182. The maximum absolute atomic E-state index is 13.9. The number of carbonyl (C=O) groups is 2. The summed E-state index contributed by atoms with van der Waals surface area (Å²) >= 11 is 0. The van der Waals surface area contributed by atoms with Crippen LogP contribution in [0.2, 0.25) is 0 Å². The summed E-state index contributed by atoms with van der Waals surface area (Å²) in [5.41, 5.74) is 0.460. The second-order valence-electron chi connectivity index (χ2n) is 6.09. The van der Waals surface area contributed by atoms with Gasteiger partial charge in [0.15, 0.2) is 12.5 Å². The van der Waals surface area contributed by atoms with Crippen molar-refractivity contribution in [3.8, 4) is 11.5 Å². The molecular formula is C19H20FNO4. The number of rotatable bonds is 6. The highest BCUT2D eigenvalue weighted by atomic mass is 19.1. The Balaban J connectivity index is 1.86. The van der Waals surface area contributed by atoms with E-state index < -0.39 is 18.0 Å². The Hall–Kier alpha value is -2.63. The molecule has 1 amide bonds. The third kappa shape index (κ3) is 3.16. The molecule has 0 saturated carbocycles. The Labute approximate surface area is 145 Å². The van der Waals surface area contributed by atoms with Gasteiger partial charge in [-0.2, -0.15) is 0 Å². The van der Waals surface area contributed by atoms with Crippen LogP contribution in [-0.2, 0) is 4.79 Å². The number of halogens is 1. The van der Waals surface area contributed by atoms with E-state index in [-0.39, 0.29) is 12.6 Å². The van der Waals surface area contributed by atoms with E-state index in [1.807, 2.05) is 19.1 Å². The number of hydrogen-bond donors (Lipinski definition) is 1. The molecule has 1 heterocycles. The first kappa shape index (κ1) is 17.2. The number of alkyl halides is 1. The maximum atomic E-state index is 13.9. The zero-order valence-electron chi connectivity index (χ0n) is 14.1. The van der Waals surface area contributed by atoms with E-state index in [9.17, 15) is 14.0 Å². The van der Waals surface area contributed by atoms with Gasteiger partial charge < -0.3 is 14.8 Å². The predicted octanol–water partition coefficient (Wildman–Crippen LogP) is 2.90. The molecule has 3 rings (SSSR count). The van der Waals surface area contributed by atoms with Crippen molar-refractivity contribution in [2.45, 2.75) is 25.6 Å². The van der Waals surface area contributed by atoms with E-state index in [0.717, 1.165) is 17.1 Å². The first-order valence-electron chi connectivity index (χ1n) is 8.22. The number of fused-ring (bicyclic) bond motifs is 1. The molecule has 6 heteroatoms. The van der Waals surface area contributed by atoms with Crippen LogP contribution in [0, 0.1) is 5.92 Å². The summed E-state index contributed by atoms with van der Waals surface area (Å²) in [7, 11) is 1.50. The molecule has 0 aliphatic carbocycles. The normalized spacial score (nSPS) is 22.7. The van der Waals surface area contributed by atoms with Gasteiger partial charge in [0.05, 0.1) is 18.7 Å². The van der Waals surface area contributed by atoms with Crippen LogP contribution in [0.25, 0.3) is 10.8 Å². The van der Waals surface area contributed by atoms with Gasteiger partial charge in [0.1, 0.15) is 18.1 Å². The Morgan fingerprint density at radius 1 is 1.28 bits per heavy atom.